The lowest BCUT2D eigenvalue weighted by Gasteiger charge is -2.15. The number of carbonyl (C=O) groups is 2. The van der Waals surface area contributed by atoms with Gasteiger partial charge in [0.2, 0.25) is 0 Å². The topological polar surface area (TPSA) is 86.2 Å². The smallest absolute Gasteiger partial charge is 0.173 e. The summed E-state index contributed by atoms with van der Waals surface area (Å²) in [5.74, 6) is -0.301. The zero-order valence-electron chi connectivity index (χ0n) is 6.26. The molecule has 3 unspecified atom stereocenters. The summed E-state index contributed by atoms with van der Waals surface area (Å²) in [6.45, 7) is 1.53. The van der Waals surface area contributed by atoms with Gasteiger partial charge in [-0.25, -0.2) is 0 Å². The highest BCUT2D eigenvalue weighted by Crippen LogP contribution is 2.15. The lowest BCUT2D eigenvalue weighted by atomic mass is 10.2. The molecule has 0 rings (SSSR count). The summed E-state index contributed by atoms with van der Waals surface area (Å²) in [6.07, 6.45) is -0.161. The van der Waals surface area contributed by atoms with E-state index in [1.54, 1.807) is 0 Å². The summed E-state index contributed by atoms with van der Waals surface area (Å²) >= 11 is 0. The van der Waals surface area contributed by atoms with Crippen molar-refractivity contribution in [3.63, 3.8) is 0 Å². The Kier molecular flexibility index (Phi) is 4.27. The zero-order chi connectivity index (χ0) is 9.07. The second-order valence-corrected chi connectivity index (χ2v) is 4.50. The average molecular weight is 194 g/mol. The molecule has 11 heavy (non-hydrogen) atoms. The van der Waals surface area contributed by atoms with Gasteiger partial charge in [0.1, 0.15) is 0 Å². The van der Waals surface area contributed by atoms with Crippen molar-refractivity contribution in [2.75, 3.05) is 0 Å². The van der Waals surface area contributed by atoms with Gasteiger partial charge in [-0.05, 0) is 6.92 Å². The molecule has 0 saturated carbocycles. The molecule has 4 N–H and O–H groups in total. The summed E-state index contributed by atoms with van der Waals surface area (Å²) < 4.78 is 0. The molecule has 0 amide bonds. The third-order valence-electron chi connectivity index (χ3n) is 1.08. The van der Waals surface area contributed by atoms with Gasteiger partial charge < -0.3 is 11.2 Å². The van der Waals surface area contributed by atoms with Gasteiger partial charge in [-0.15, -0.1) is 9.24 Å². The number of ketones is 1. The van der Waals surface area contributed by atoms with Crippen LogP contribution in [-0.2, 0) is 9.59 Å². The van der Waals surface area contributed by atoms with Gasteiger partial charge in [0, 0.05) is 8.73 Å². The molecule has 3 atom stereocenters. The van der Waals surface area contributed by atoms with Crippen molar-refractivity contribution >= 4 is 29.3 Å². The Morgan fingerprint density at radius 1 is 1.64 bits per heavy atom. The fraction of sp³-hybridized carbons (Fsp3) is 0.600. The maximum absolute atomic E-state index is 11.0. The van der Waals surface area contributed by atoms with E-state index < -0.39 is 5.28 Å². The lowest BCUT2D eigenvalue weighted by molar-refractivity contribution is -0.124. The molecule has 0 aromatic rings. The molecule has 4 nitrogen and oxygen atoms in total. The van der Waals surface area contributed by atoms with Gasteiger partial charge >= 0.3 is 0 Å². The number of nitrogens with two attached hydrogens (primary N) is 2. The van der Waals surface area contributed by atoms with Crippen LogP contribution in [0.4, 0.5) is 0 Å². The van der Waals surface area contributed by atoms with Gasteiger partial charge in [-0.2, -0.15) is 0 Å². The molecule has 0 aromatic heterocycles. The Balaban J connectivity index is 3.99. The number of hydrogen-bond acceptors (Lipinski definition) is 4. The van der Waals surface area contributed by atoms with E-state index in [1.807, 2.05) is 0 Å². The van der Waals surface area contributed by atoms with Crippen molar-refractivity contribution in [3.8, 4) is 0 Å². The Morgan fingerprint density at radius 3 is 2.36 bits per heavy atom. The number of carbonyl (C=O) groups excluding carboxylic acids is 2. The number of Topliss-reactive ketones (excluding diaryl/α,β-unsaturated/α-hetero) is 1. The van der Waals surface area contributed by atoms with Gasteiger partial charge in [-0.1, -0.05) is 0 Å². The van der Waals surface area contributed by atoms with Gasteiger partial charge in [0.05, 0.1) is 11.7 Å². The van der Waals surface area contributed by atoms with E-state index in [9.17, 15) is 9.59 Å². The minimum absolute atomic E-state index is 0.161. The highest BCUT2D eigenvalue weighted by molar-refractivity contribution is 7.55. The molecular formula is C5H12N2O2P2. The molecule has 0 aromatic carbocycles. The van der Waals surface area contributed by atoms with Gasteiger partial charge in [0.25, 0.3) is 0 Å². The Hall–Kier alpha value is 0.120. The fourth-order valence-corrected chi connectivity index (χ4v) is 0.752. The second kappa shape index (κ2) is 4.22. The van der Waals surface area contributed by atoms with Gasteiger partial charge in [0.15, 0.2) is 11.3 Å². The third kappa shape index (κ3) is 4.54. The van der Waals surface area contributed by atoms with Crippen LogP contribution in [0.25, 0.3) is 0 Å². The predicted molar refractivity (Wildman–Crippen MR) is 49.4 cm³/mol. The minimum Gasteiger partial charge on any atom is -0.316 e. The summed E-state index contributed by atoms with van der Waals surface area (Å²) in [7, 11) is 1.86. The zero-order valence-corrected chi connectivity index (χ0v) is 8.41. The van der Waals surface area contributed by atoms with Crippen molar-refractivity contribution in [1.29, 1.82) is 0 Å². The highest BCUT2D eigenvalue weighted by atomic mass is 31.1. The lowest BCUT2D eigenvalue weighted by Crippen LogP contribution is -2.38. The van der Waals surface area contributed by atoms with Crippen LogP contribution in [0.5, 0.6) is 0 Å². The summed E-state index contributed by atoms with van der Waals surface area (Å²) in [6, 6.07) is 0. The Bertz CT molecular complexity index is 176. The second-order valence-electron chi connectivity index (χ2n) is 2.45. The van der Waals surface area contributed by atoms with Crippen molar-refractivity contribution in [1.82, 2.24) is 0 Å². The molecule has 6 heteroatoms. The van der Waals surface area contributed by atoms with E-state index >= 15 is 0 Å². The van der Waals surface area contributed by atoms with Crippen molar-refractivity contribution in [3.05, 3.63) is 0 Å². The summed E-state index contributed by atoms with van der Waals surface area (Å²) in [4.78, 5) is 21.7. The van der Waals surface area contributed by atoms with E-state index in [4.69, 9.17) is 11.2 Å². The van der Waals surface area contributed by atoms with Crippen molar-refractivity contribution < 1.29 is 9.59 Å². The first-order valence-corrected chi connectivity index (χ1v) is 4.64. The SMILES string of the molecule is CC(N)(P)C(=O)CC(=O)PN. The first-order chi connectivity index (χ1) is 4.88. The number of rotatable bonds is 4. The van der Waals surface area contributed by atoms with Crippen LogP contribution >= 0.6 is 18.0 Å². The maximum atomic E-state index is 11.0. The summed E-state index contributed by atoms with van der Waals surface area (Å²) in [5, 5.41) is -1.00. The normalized spacial score (nSPS) is 16.7. The first-order valence-electron chi connectivity index (χ1n) is 2.98. The van der Waals surface area contributed by atoms with Gasteiger partial charge in [-0.3, -0.25) is 9.59 Å². The molecule has 0 spiro atoms. The van der Waals surface area contributed by atoms with E-state index in [0.29, 0.717) is 0 Å². The minimum atomic E-state index is -1.00. The molecule has 0 heterocycles. The molecule has 0 radical (unpaired) electrons. The van der Waals surface area contributed by atoms with E-state index in [2.05, 4.69) is 9.24 Å². The van der Waals surface area contributed by atoms with Crippen molar-refractivity contribution in [2.45, 2.75) is 18.6 Å². The maximum Gasteiger partial charge on any atom is 0.173 e. The van der Waals surface area contributed by atoms with Crippen LogP contribution in [0.15, 0.2) is 0 Å². The molecule has 0 saturated heterocycles. The van der Waals surface area contributed by atoms with Crippen LogP contribution in [-0.4, -0.2) is 16.6 Å². The first kappa shape index (κ1) is 11.1. The molecule has 0 bridgehead atoms. The van der Waals surface area contributed by atoms with Crippen LogP contribution in [0.1, 0.15) is 13.3 Å². The monoisotopic (exact) mass is 194 g/mol. The fourth-order valence-electron chi connectivity index (χ4n) is 0.387. The Labute approximate surface area is 69.5 Å². The predicted octanol–water partition coefficient (Wildman–Crippen LogP) is -0.426. The standard InChI is InChI=1S/C5H12N2O2P2/c1-5(6,10)3(8)2-4(9)11-7/h11H,2,6-7,10H2,1H3. The molecule has 0 aliphatic rings. The van der Waals surface area contributed by atoms with E-state index in [1.165, 1.54) is 6.92 Å². The third-order valence-corrected chi connectivity index (χ3v) is 1.90. The van der Waals surface area contributed by atoms with E-state index in [0.717, 1.165) is 0 Å². The van der Waals surface area contributed by atoms with Crippen molar-refractivity contribution in [2.24, 2.45) is 11.2 Å². The largest absolute Gasteiger partial charge is 0.316 e. The molecule has 64 valence electrons. The summed E-state index contributed by atoms with van der Waals surface area (Å²) in [5.41, 5.74) is 10.2. The quantitative estimate of drug-likeness (QED) is 0.469. The van der Waals surface area contributed by atoms with Crippen LogP contribution in [0, 0.1) is 0 Å². The molecule has 0 fully saturated rings. The number of hydrogen-bond donors (Lipinski definition) is 2. The molecular weight excluding hydrogens is 182 g/mol. The average Bonchev–Trinajstić information content (AvgIpc) is 1.85. The molecule has 0 aliphatic heterocycles. The highest BCUT2D eigenvalue weighted by Gasteiger charge is 2.23. The Morgan fingerprint density at radius 2 is 2.09 bits per heavy atom. The van der Waals surface area contributed by atoms with Crippen LogP contribution < -0.4 is 11.2 Å². The van der Waals surface area contributed by atoms with Crippen LogP contribution in [0.2, 0.25) is 0 Å². The van der Waals surface area contributed by atoms with Crippen LogP contribution in [0.3, 0.4) is 0 Å². The van der Waals surface area contributed by atoms with E-state index in [-0.39, 0.29) is 26.5 Å². The molecule has 0 aliphatic carbocycles.